The third-order valence-electron chi connectivity index (χ3n) is 3.02. The van der Waals surface area contributed by atoms with Crippen molar-refractivity contribution in [3.63, 3.8) is 0 Å². The number of hydrogen-bond donors (Lipinski definition) is 1. The lowest BCUT2D eigenvalue weighted by molar-refractivity contribution is -0.157. The Hall–Kier alpha value is -1.51. The van der Waals surface area contributed by atoms with Crippen molar-refractivity contribution in [2.24, 2.45) is 0 Å². The van der Waals surface area contributed by atoms with Crippen LogP contribution in [0.3, 0.4) is 0 Å². The molecule has 0 spiro atoms. The summed E-state index contributed by atoms with van der Waals surface area (Å²) < 4.78 is 43.5. The van der Waals surface area contributed by atoms with Crippen LogP contribution < -0.4 is 0 Å². The number of halogens is 1. The number of ether oxygens (including phenoxy) is 1. The highest BCUT2D eigenvalue weighted by atomic mass is 32.2. The van der Waals surface area contributed by atoms with Crippen LogP contribution in [0.15, 0.2) is 29.2 Å². The maximum Gasteiger partial charge on any atom is 0.329 e. The summed E-state index contributed by atoms with van der Waals surface area (Å²) in [5.41, 5.74) is -0.800. The third kappa shape index (κ3) is 2.97. The predicted molar refractivity (Wildman–Crippen MR) is 67.2 cm³/mol. The van der Waals surface area contributed by atoms with Gasteiger partial charge in [0.2, 0.25) is 10.0 Å². The predicted octanol–water partition coefficient (Wildman–Crippen LogP) is 0.690. The quantitative estimate of drug-likeness (QED) is 0.865. The number of benzene rings is 1. The molecule has 1 aliphatic rings. The highest BCUT2D eigenvalue weighted by molar-refractivity contribution is 7.89. The van der Waals surface area contributed by atoms with Gasteiger partial charge < -0.3 is 9.84 Å². The zero-order valence-corrected chi connectivity index (χ0v) is 11.6. The smallest absolute Gasteiger partial charge is 0.329 e. The average molecular weight is 303 g/mol. The van der Waals surface area contributed by atoms with E-state index in [2.05, 4.69) is 0 Å². The second-order valence-corrected chi connectivity index (χ2v) is 6.80. The molecule has 1 heterocycles. The van der Waals surface area contributed by atoms with Crippen molar-refractivity contribution in [1.82, 2.24) is 4.31 Å². The first kappa shape index (κ1) is 14.9. The van der Waals surface area contributed by atoms with Gasteiger partial charge in [0.15, 0.2) is 0 Å². The van der Waals surface area contributed by atoms with Gasteiger partial charge in [0.1, 0.15) is 12.4 Å². The molecule has 1 aromatic carbocycles. The number of rotatable bonds is 5. The van der Waals surface area contributed by atoms with Crippen molar-refractivity contribution in [2.75, 3.05) is 19.7 Å². The van der Waals surface area contributed by atoms with Gasteiger partial charge in [-0.25, -0.2) is 17.6 Å². The van der Waals surface area contributed by atoms with Crippen molar-refractivity contribution in [2.45, 2.75) is 17.4 Å². The van der Waals surface area contributed by atoms with Gasteiger partial charge >= 0.3 is 5.97 Å². The number of sulfonamides is 1. The molecule has 0 aliphatic carbocycles. The van der Waals surface area contributed by atoms with Gasteiger partial charge in [-0.3, -0.25) is 0 Å². The van der Waals surface area contributed by atoms with Crippen molar-refractivity contribution in [3.8, 4) is 0 Å². The lowest BCUT2D eigenvalue weighted by atomic mass is 10.0. The van der Waals surface area contributed by atoms with Crippen LogP contribution in [-0.2, 0) is 19.6 Å². The van der Waals surface area contributed by atoms with Gasteiger partial charge in [-0.15, -0.1) is 0 Å². The summed E-state index contributed by atoms with van der Waals surface area (Å²) in [6, 6.07) is 4.54. The molecule has 0 aromatic heterocycles. The molecule has 110 valence electrons. The van der Waals surface area contributed by atoms with Gasteiger partial charge in [-0.2, -0.15) is 4.31 Å². The Bertz CT molecular complexity index is 607. The Labute approximate surface area is 115 Å². The van der Waals surface area contributed by atoms with Crippen LogP contribution >= 0.6 is 0 Å². The van der Waals surface area contributed by atoms with Gasteiger partial charge in [0, 0.05) is 13.1 Å². The highest BCUT2D eigenvalue weighted by Crippen LogP contribution is 2.30. The first-order valence-corrected chi connectivity index (χ1v) is 7.28. The first-order chi connectivity index (χ1) is 9.23. The zero-order chi connectivity index (χ0) is 15.0. The molecule has 0 atom stereocenters. The number of carbonyl (C=O) groups is 1. The van der Waals surface area contributed by atoms with E-state index in [4.69, 9.17) is 9.84 Å². The summed E-state index contributed by atoms with van der Waals surface area (Å²) in [7, 11) is -3.69. The molecule has 1 saturated heterocycles. The van der Waals surface area contributed by atoms with Gasteiger partial charge in [0.25, 0.3) is 0 Å². The molecule has 2 rings (SSSR count). The molecule has 0 bridgehead atoms. The van der Waals surface area contributed by atoms with Crippen LogP contribution in [0.25, 0.3) is 0 Å². The van der Waals surface area contributed by atoms with Crippen LogP contribution in [0.2, 0.25) is 0 Å². The molecule has 0 amide bonds. The van der Waals surface area contributed by atoms with Crippen molar-refractivity contribution in [1.29, 1.82) is 0 Å². The van der Waals surface area contributed by atoms with Crippen LogP contribution in [0, 0.1) is 5.82 Å². The second kappa shape index (κ2) is 5.12. The third-order valence-corrected chi connectivity index (χ3v) is 4.82. The van der Waals surface area contributed by atoms with E-state index in [1.165, 1.54) is 16.4 Å². The molecule has 1 N–H and O–H groups in total. The SMILES string of the molecule is CC1(OCC(=O)O)CN(S(=O)(=O)c2ccc(F)cc2)C1. The number of nitrogens with zero attached hydrogens (tertiary/aromatic N) is 1. The molecule has 0 radical (unpaired) electrons. The fourth-order valence-electron chi connectivity index (χ4n) is 1.95. The van der Waals surface area contributed by atoms with E-state index >= 15 is 0 Å². The van der Waals surface area contributed by atoms with Crippen molar-refractivity contribution < 1.29 is 27.4 Å². The Balaban J connectivity index is 2.04. The fraction of sp³-hybridized carbons (Fsp3) is 0.417. The highest BCUT2D eigenvalue weighted by Gasteiger charge is 2.46. The van der Waals surface area contributed by atoms with E-state index in [-0.39, 0.29) is 18.0 Å². The van der Waals surface area contributed by atoms with E-state index < -0.39 is 34.0 Å². The van der Waals surface area contributed by atoms with E-state index in [1.54, 1.807) is 6.92 Å². The molecular formula is C12H14FNO5S. The van der Waals surface area contributed by atoms with E-state index in [0.29, 0.717) is 0 Å². The minimum atomic E-state index is -3.69. The maximum atomic E-state index is 12.8. The average Bonchev–Trinajstić information content (AvgIpc) is 2.33. The van der Waals surface area contributed by atoms with Crippen molar-refractivity contribution in [3.05, 3.63) is 30.1 Å². The normalized spacial score (nSPS) is 18.5. The molecular weight excluding hydrogens is 289 g/mol. The standard InChI is InChI=1S/C12H14FNO5S/c1-12(19-6-11(15)16)7-14(8-12)20(17,18)10-4-2-9(13)3-5-10/h2-5H,6-8H2,1H3,(H,15,16). The molecule has 0 unspecified atom stereocenters. The summed E-state index contributed by atoms with van der Waals surface area (Å²) in [5.74, 6) is -1.62. The summed E-state index contributed by atoms with van der Waals surface area (Å²) in [5, 5.41) is 8.53. The number of carboxylic acid groups (broad SMARTS) is 1. The minimum absolute atomic E-state index is 0.000755. The summed E-state index contributed by atoms with van der Waals surface area (Å²) in [6.45, 7) is 1.31. The molecule has 1 aliphatic heterocycles. The summed E-state index contributed by atoms with van der Waals surface area (Å²) in [6.07, 6.45) is 0. The van der Waals surface area contributed by atoms with Crippen LogP contribution in [0.1, 0.15) is 6.92 Å². The summed E-state index contributed by atoms with van der Waals surface area (Å²) >= 11 is 0. The van der Waals surface area contributed by atoms with Gasteiger partial charge in [-0.05, 0) is 31.2 Å². The number of aliphatic carboxylic acids is 1. The Morgan fingerprint density at radius 3 is 2.45 bits per heavy atom. The number of hydrogen-bond acceptors (Lipinski definition) is 4. The van der Waals surface area contributed by atoms with E-state index in [9.17, 15) is 17.6 Å². The van der Waals surface area contributed by atoms with Gasteiger partial charge in [0.05, 0.1) is 10.5 Å². The molecule has 6 nitrogen and oxygen atoms in total. The lowest BCUT2D eigenvalue weighted by Gasteiger charge is -2.46. The van der Waals surface area contributed by atoms with Crippen LogP contribution in [0.4, 0.5) is 4.39 Å². The van der Waals surface area contributed by atoms with Gasteiger partial charge in [-0.1, -0.05) is 0 Å². The molecule has 1 fully saturated rings. The maximum absolute atomic E-state index is 12.8. The first-order valence-electron chi connectivity index (χ1n) is 5.84. The Morgan fingerprint density at radius 1 is 1.40 bits per heavy atom. The Kier molecular flexibility index (Phi) is 3.81. The zero-order valence-electron chi connectivity index (χ0n) is 10.7. The molecule has 20 heavy (non-hydrogen) atoms. The molecule has 8 heteroatoms. The van der Waals surface area contributed by atoms with Crippen molar-refractivity contribution >= 4 is 16.0 Å². The molecule has 1 aromatic rings. The van der Waals surface area contributed by atoms with E-state index in [0.717, 1.165) is 12.1 Å². The van der Waals surface area contributed by atoms with E-state index in [1.807, 2.05) is 0 Å². The second-order valence-electron chi connectivity index (χ2n) is 4.86. The summed E-state index contributed by atoms with van der Waals surface area (Å²) in [4.78, 5) is 10.4. The lowest BCUT2D eigenvalue weighted by Crippen LogP contribution is -2.63. The topological polar surface area (TPSA) is 83.9 Å². The minimum Gasteiger partial charge on any atom is -0.480 e. The molecule has 0 saturated carbocycles. The monoisotopic (exact) mass is 303 g/mol. The largest absolute Gasteiger partial charge is 0.480 e. The van der Waals surface area contributed by atoms with Crippen LogP contribution in [-0.4, -0.2) is 49.1 Å². The fourth-order valence-corrected chi connectivity index (χ4v) is 3.62. The number of carboxylic acids is 1. The Morgan fingerprint density at radius 2 is 1.95 bits per heavy atom. The van der Waals surface area contributed by atoms with Crippen LogP contribution in [0.5, 0.6) is 0 Å².